The molecule has 0 amide bonds. The van der Waals surface area contributed by atoms with Crippen LogP contribution < -0.4 is 4.74 Å². The van der Waals surface area contributed by atoms with Gasteiger partial charge in [0.2, 0.25) is 0 Å². The third-order valence-electron chi connectivity index (χ3n) is 10.2. The number of benzene rings is 2. The quantitative estimate of drug-likeness (QED) is 0.249. The minimum absolute atomic E-state index is 0.243. The van der Waals surface area contributed by atoms with Crippen LogP contribution in [0.4, 0.5) is 0 Å². The van der Waals surface area contributed by atoms with E-state index in [1.54, 1.807) is 12.1 Å². The molecule has 36 heavy (non-hydrogen) atoms. The van der Waals surface area contributed by atoms with Crippen LogP contribution in [-0.4, -0.2) is 25.0 Å². The lowest BCUT2D eigenvalue weighted by atomic mass is 9.55. The van der Waals surface area contributed by atoms with Gasteiger partial charge < -0.3 is 14.2 Å². The van der Waals surface area contributed by atoms with Gasteiger partial charge in [0.1, 0.15) is 5.75 Å². The van der Waals surface area contributed by atoms with Crippen molar-refractivity contribution in [1.29, 1.82) is 0 Å². The van der Waals surface area contributed by atoms with Crippen LogP contribution in [0.1, 0.15) is 98.5 Å². The Morgan fingerprint density at radius 1 is 0.917 bits per heavy atom. The zero-order valence-electron chi connectivity index (χ0n) is 21.8. The fourth-order valence-corrected chi connectivity index (χ4v) is 8.23. The minimum Gasteiger partial charge on any atom is -0.423 e. The standard InChI is InChI=1S/C32H40O4/c1-31-20-17-26-25-14-12-24(35-30(33)22-9-5-3-6-10-22)21-23(25)11-13-27(26)28(31)15-16-29(31)36-32(34-2)18-7-4-8-19-32/h3,5-6,9-10,12,14,21,26-29H,4,7-8,11,13,15-20H2,1-2H3/t26-,27-,28-,29-,31+/m0/s1. The fraction of sp³-hybridized carbons (Fsp3) is 0.594. The van der Waals surface area contributed by atoms with E-state index in [0.29, 0.717) is 35.2 Å². The van der Waals surface area contributed by atoms with Gasteiger partial charge in [-0.05, 0) is 110 Å². The summed E-state index contributed by atoms with van der Waals surface area (Å²) in [7, 11) is 1.85. The number of rotatable bonds is 5. The van der Waals surface area contributed by atoms with Crippen LogP contribution in [-0.2, 0) is 15.9 Å². The van der Waals surface area contributed by atoms with Crippen LogP contribution in [0.25, 0.3) is 0 Å². The molecule has 0 radical (unpaired) electrons. The smallest absolute Gasteiger partial charge is 0.343 e. The first-order valence-electron chi connectivity index (χ1n) is 14.1. The summed E-state index contributed by atoms with van der Waals surface area (Å²) in [6.45, 7) is 2.51. The molecule has 2 aromatic carbocycles. The van der Waals surface area contributed by atoms with Crippen molar-refractivity contribution in [3.63, 3.8) is 0 Å². The molecule has 0 bridgehead atoms. The maximum Gasteiger partial charge on any atom is 0.343 e. The number of aryl methyl sites for hydroxylation is 1. The molecule has 4 aliphatic carbocycles. The molecule has 2 aromatic rings. The summed E-state index contributed by atoms with van der Waals surface area (Å²) < 4.78 is 18.7. The van der Waals surface area contributed by atoms with Crippen molar-refractivity contribution >= 4 is 5.97 Å². The van der Waals surface area contributed by atoms with E-state index in [2.05, 4.69) is 19.1 Å². The van der Waals surface area contributed by atoms with Crippen molar-refractivity contribution in [3.8, 4) is 5.75 Å². The molecule has 192 valence electrons. The second kappa shape index (κ2) is 9.61. The zero-order valence-corrected chi connectivity index (χ0v) is 21.8. The summed E-state index contributed by atoms with van der Waals surface area (Å²) in [5.41, 5.74) is 3.68. The predicted octanol–water partition coefficient (Wildman–Crippen LogP) is 7.45. The molecule has 3 fully saturated rings. The first kappa shape index (κ1) is 24.2. The van der Waals surface area contributed by atoms with E-state index < -0.39 is 0 Å². The molecule has 5 atom stereocenters. The third kappa shape index (κ3) is 4.20. The van der Waals surface area contributed by atoms with Gasteiger partial charge in [0.25, 0.3) is 0 Å². The van der Waals surface area contributed by atoms with Crippen LogP contribution >= 0.6 is 0 Å². The molecule has 0 aliphatic heterocycles. The molecule has 0 aromatic heterocycles. The van der Waals surface area contributed by atoms with Crippen molar-refractivity contribution in [2.45, 2.75) is 95.4 Å². The van der Waals surface area contributed by atoms with Crippen LogP contribution in [0.2, 0.25) is 0 Å². The number of carbonyl (C=O) groups excluding carboxylic acids is 1. The Kier molecular flexibility index (Phi) is 6.46. The van der Waals surface area contributed by atoms with Gasteiger partial charge in [-0.1, -0.05) is 37.6 Å². The molecular formula is C32H40O4. The van der Waals surface area contributed by atoms with Crippen molar-refractivity contribution in [1.82, 2.24) is 0 Å². The normalized spacial score (nSPS) is 32.7. The van der Waals surface area contributed by atoms with Crippen LogP contribution in [0.5, 0.6) is 5.75 Å². The molecule has 0 saturated heterocycles. The Bertz CT molecular complexity index is 1090. The monoisotopic (exact) mass is 488 g/mol. The van der Waals surface area contributed by atoms with Gasteiger partial charge in [0.05, 0.1) is 11.7 Å². The number of methoxy groups -OCH3 is 1. The third-order valence-corrected chi connectivity index (χ3v) is 10.2. The largest absolute Gasteiger partial charge is 0.423 e. The van der Waals surface area contributed by atoms with E-state index in [4.69, 9.17) is 14.2 Å². The van der Waals surface area contributed by atoms with Crippen molar-refractivity contribution in [3.05, 3.63) is 65.2 Å². The Morgan fingerprint density at radius 3 is 2.50 bits per heavy atom. The average molecular weight is 489 g/mol. The van der Waals surface area contributed by atoms with Gasteiger partial charge in [-0.15, -0.1) is 0 Å². The number of hydrogen-bond donors (Lipinski definition) is 0. The lowest BCUT2D eigenvalue weighted by Crippen LogP contribution is -2.49. The number of fused-ring (bicyclic) bond motifs is 5. The van der Waals surface area contributed by atoms with Gasteiger partial charge in [0.15, 0.2) is 5.79 Å². The van der Waals surface area contributed by atoms with E-state index in [0.717, 1.165) is 25.7 Å². The Hall–Kier alpha value is -2.17. The molecular weight excluding hydrogens is 448 g/mol. The summed E-state index contributed by atoms with van der Waals surface area (Å²) in [6.07, 6.45) is 13.3. The number of ether oxygens (including phenoxy) is 3. The predicted molar refractivity (Wildman–Crippen MR) is 140 cm³/mol. The Morgan fingerprint density at radius 2 is 1.72 bits per heavy atom. The first-order chi connectivity index (χ1) is 17.5. The second-order valence-corrected chi connectivity index (χ2v) is 11.9. The highest BCUT2D eigenvalue weighted by Gasteiger charge is 2.57. The molecule has 0 N–H and O–H groups in total. The Labute approximate surface area is 215 Å². The molecule has 0 unspecified atom stereocenters. The van der Waals surface area contributed by atoms with Gasteiger partial charge in [0, 0.05) is 20.0 Å². The summed E-state index contributed by atoms with van der Waals surface area (Å²) in [4.78, 5) is 12.5. The van der Waals surface area contributed by atoms with Gasteiger partial charge in [-0.2, -0.15) is 0 Å². The summed E-state index contributed by atoms with van der Waals surface area (Å²) in [5, 5.41) is 0. The minimum atomic E-state index is -0.357. The molecule has 0 heterocycles. The van der Waals surface area contributed by atoms with Crippen LogP contribution in [0, 0.1) is 17.3 Å². The summed E-state index contributed by atoms with van der Waals surface area (Å²) >= 11 is 0. The SMILES string of the molecule is COC1(O[C@H]2CC[C@H]3[C@H]4CCc5cc(OC(=O)c6ccccc6)ccc5[C@@H]4CC[C@@]23C)CCCCC1. The highest BCUT2D eigenvalue weighted by molar-refractivity contribution is 5.91. The van der Waals surface area contributed by atoms with E-state index in [-0.39, 0.29) is 17.2 Å². The van der Waals surface area contributed by atoms with E-state index >= 15 is 0 Å². The highest BCUT2D eigenvalue weighted by Crippen LogP contribution is 2.62. The molecule has 3 saturated carbocycles. The second-order valence-electron chi connectivity index (χ2n) is 11.9. The van der Waals surface area contributed by atoms with Crippen LogP contribution in [0.15, 0.2) is 48.5 Å². The Balaban J connectivity index is 1.17. The van der Waals surface area contributed by atoms with E-state index in [1.807, 2.05) is 31.4 Å². The number of carbonyl (C=O) groups is 1. The lowest BCUT2D eigenvalue weighted by molar-refractivity contribution is -0.278. The van der Waals surface area contributed by atoms with Crippen LogP contribution in [0.3, 0.4) is 0 Å². The zero-order chi connectivity index (χ0) is 24.8. The molecule has 0 spiro atoms. The first-order valence-corrected chi connectivity index (χ1v) is 14.1. The van der Waals surface area contributed by atoms with Gasteiger partial charge in [-0.3, -0.25) is 0 Å². The highest BCUT2D eigenvalue weighted by atomic mass is 16.7. The average Bonchev–Trinajstić information content (AvgIpc) is 3.25. The lowest BCUT2D eigenvalue weighted by Gasteiger charge is -2.52. The molecule has 4 heteroatoms. The number of esters is 1. The maximum atomic E-state index is 12.5. The summed E-state index contributed by atoms with van der Waals surface area (Å²) in [5.74, 6) is 2.05. The van der Waals surface area contributed by atoms with E-state index in [1.165, 1.54) is 56.1 Å². The van der Waals surface area contributed by atoms with Crippen molar-refractivity contribution in [2.24, 2.45) is 17.3 Å². The van der Waals surface area contributed by atoms with Crippen molar-refractivity contribution < 1.29 is 19.0 Å². The molecule has 6 rings (SSSR count). The molecule has 4 aliphatic rings. The summed E-state index contributed by atoms with van der Waals surface area (Å²) in [6, 6.07) is 15.6. The van der Waals surface area contributed by atoms with E-state index in [9.17, 15) is 4.79 Å². The fourth-order valence-electron chi connectivity index (χ4n) is 8.23. The van der Waals surface area contributed by atoms with Crippen molar-refractivity contribution in [2.75, 3.05) is 7.11 Å². The maximum absolute atomic E-state index is 12.5. The topological polar surface area (TPSA) is 44.8 Å². The number of hydrogen-bond acceptors (Lipinski definition) is 4. The van der Waals surface area contributed by atoms with Gasteiger partial charge >= 0.3 is 5.97 Å². The van der Waals surface area contributed by atoms with Gasteiger partial charge in [-0.25, -0.2) is 4.79 Å². The molecule has 4 nitrogen and oxygen atoms in total.